The van der Waals surface area contributed by atoms with E-state index >= 15 is 0 Å². The Kier molecular flexibility index (Phi) is 39.4. The minimum atomic E-state index is 0. The van der Waals surface area contributed by atoms with Crippen LogP contribution in [-0.2, 0) is 39.6 Å². The van der Waals surface area contributed by atoms with Gasteiger partial charge in [0.1, 0.15) is 0 Å². The number of azo groups is 4. The monoisotopic (exact) mass is 2240 g/mol. The van der Waals surface area contributed by atoms with Crippen LogP contribution in [-0.4, -0.2) is 19.9 Å². The fourth-order valence-corrected chi connectivity index (χ4v) is 7.21. The largest absolute Gasteiger partial charge is 0.656 e. The zero-order valence-corrected chi connectivity index (χ0v) is 66.2. The summed E-state index contributed by atoms with van der Waals surface area (Å²) in [7, 11) is 0. The minimum absolute atomic E-state index is 0. The van der Waals surface area contributed by atoms with Crippen LogP contribution < -0.4 is 26.5 Å². The quantitative estimate of drug-likeness (QED) is 0.0683. The smallest absolute Gasteiger partial charge is 0.174 e. The number of rotatable bonds is 16. The maximum atomic E-state index is 4.58. The number of pyridine rings is 4. The van der Waals surface area contributed by atoms with E-state index in [1.807, 2.05) is 267 Å². The Morgan fingerprint density at radius 1 is 0.217 bits per heavy atom. The SMILES string of the molecule is I[I-]I.I[I-]I.[Os].[Os].c1ccc([N-]c2ccccc2N=Nc2ccccn2)cc1.c1ccc([N-]c2ccccc2N=Nc2ccccn2)cc1.c1ccc([N-]c2ccccc2N=Nc2ccccn2)cc1.c1ccc([N-]c2ccccc2N=Nc2ccccn2)cc1. The molecule has 468 valence electrons. The van der Waals surface area contributed by atoms with Crippen LogP contribution >= 0.6 is 74.5 Å². The molecule has 0 amide bonds. The van der Waals surface area contributed by atoms with Gasteiger partial charge in [-0.3, -0.25) is 0 Å². The third-order valence-electron chi connectivity index (χ3n) is 11.2. The summed E-state index contributed by atoms with van der Waals surface area (Å²) in [5.74, 6) is 2.30. The average molecular weight is 2240 g/mol. The standard InChI is InChI=1S/4C17H13N4.2I3.2Os/c4*1-2-8-14(9-3-1)19-15-10-4-5-11-16(15)20-21-17-12-6-7-13-18-17;2*1-3-2;;/h4*1-13H;;;;/q6*-1;;. The zero-order valence-electron chi connectivity index (χ0n) is 48.2. The molecule has 0 spiro atoms. The molecule has 12 aromatic rings. The van der Waals surface area contributed by atoms with Crippen LogP contribution in [0.25, 0.3) is 21.3 Å². The third-order valence-corrected chi connectivity index (χ3v) is 11.2. The molecule has 0 bridgehead atoms. The van der Waals surface area contributed by atoms with Gasteiger partial charge in [0.15, 0.2) is 23.3 Å². The molecule has 0 radical (unpaired) electrons. The molecular formula is C68H52I6N16Os2-6. The van der Waals surface area contributed by atoms with E-state index in [0.717, 1.165) is 45.5 Å². The summed E-state index contributed by atoms with van der Waals surface area (Å²) >= 11 is 10.6. The van der Waals surface area contributed by atoms with Gasteiger partial charge in [-0.25, -0.2) is 19.9 Å². The van der Waals surface area contributed by atoms with Crippen molar-refractivity contribution in [2.45, 2.75) is 0 Å². The maximum absolute atomic E-state index is 4.58. The Morgan fingerprint density at radius 3 is 0.576 bits per heavy atom. The molecule has 8 aromatic carbocycles. The first-order valence-corrected chi connectivity index (χ1v) is 52.1. The Morgan fingerprint density at radius 2 is 0.391 bits per heavy atom. The van der Waals surface area contributed by atoms with Gasteiger partial charge in [-0.1, -0.05) is 218 Å². The van der Waals surface area contributed by atoms with E-state index in [4.69, 9.17) is 0 Å². The molecule has 0 fully saturated rings. The molecule has 4 aromatic heterocycles. The number of halogens is 6. The summed E-state index contributed by atoms with van der Waals surface area (Å²) in [4.78, 5) is 16.5. The van der Waals surface area contributed by atoms with Gasteiger partial charge in [0.2, 0.25) is 0 Å². The van der Waals surface area contributed by atoms with E-state index in [0.29, 0.717) is 72.5 Å². The van der Waals surface area contributed by atoms with Crippen LogP contribution in [0.15, 0.2) is 357 Å². The second-order valence-electron chi connectivity index (χ2n) is 17.4. The van der Waals surface area contributed by atoms with Gasteiger partial charge in [-0.05, 0) is 72.8 Å². The Bertz CT molecular complexity index is 3500. The summed E-state index contributed by atoms with van der Waals surface area (Å²) in [6.07, 6.45) is 6.76. The zero-order chi connectivity index (χ0) is 62.7. The van der Waals surface area contributed by atoms with Crippen molar-refractivity contribution in [1.29, 1.82) is 0 Å². The molecule has 0 atom stereocenters. The number of hydrogen-bond acceptors (Lipinski definition) is 12. The Hall–Kier alpha value is -6.39. The average Bonchev–Trinajstić information content (AvgIpc) is 3.47. The van der Waals surface area contributed by atoms with Crippen molar-refractivity contribution in [2.24, 2.45) is 40.9 Å². The maximum Gasteiger partial charge on any atom is 0.174 e. The molecule has 0 aliphatic heterocycles. The third kappa shape index (κ3) is 30.1. The molecule has 24 heteroatoms. The Balaban J connectivity index is 0.000000215. The molecule has 92 heavy (non-hydrogen) atoms. The topological polar surface area (TPSA) is 207 Å². The number of nitrogens with zero attached hydrogens (tertiary/aromatic N) is 16. The van der Waals surface area contributed by atoms with E-state index in [2.05, 4.69) is 157 Å². The molecule has 16 nitrogen and oxygen atoms in total. The minimum Gasteiger partial charge on any atom is -0.656 e. The molecule has 0 aliphatic carbocycles. The van der Waals surface area contributed by atoms with E-state index in [9.17, 15) is 0 Å². The van der Waals surface area contributed by atoms with Gasteiger partial charge in [0, 0.05) is 64.4 Å². The predicted molar refractivity (Wildman–Crippen MR) is 392 cm³/mol. The molecule has 0 saturated carbocycles. The van der Waals surface area contributed by atoms with Gasteiger partial charge in [0.05, 0.1) is 22.7 Å². The van der Waals surface area contributed by atoms with Crippen LogP contribution in [0, 0.1) is 0 Å². The van der Waals surface area contributed by atoms with E-state index in [1.165, 1.54) is 0 Å². The molecule has 0 N–H and O–H groups in total. The van der Waals surface area contributed by atoms with E-state index in [1.54, 1.807) is 49.1 Å². The van der Waals surface area contributed by atoms with Crippen molar-refractivity contribution in [3.63, 3.8) is 0 Å². The normalized spacial score (nSPS) is 10.2. The van der Waals surface area contributed by atoms with Crippen molar-refractivity contribution >= 4 is 166 Å². The van der Waals surface area contributed by atoms with Crippen LogP contribution in [0.5, 0.6) is 0 Å². The fraction of sp³-hybridized carbons (Fsp3) is 0. The van der Waals surface area contributed by atoms with Gasteiger partial charge < -0.3 is 21.3 Å². The van der Waals surface area contributed by atoms with Crippen LogP contribution in [0.4, 0.5) is 91.5 Å². The number of hydrogen-bond donors (Lipinski definition) is 0. The van der Waals surface area contributed by atoms with Crippen molar-refractivity contribution in [2.75, 3.05) is 0 Å². The van der Waals surface area contributed by atoms with E-state index < -0.39 is 0 Å². The van der Waals surface area contributed by atoms with Crippen LogP contribution in [0.2, 0.25) is 0 Å². The van der Waals surface area contributed by atoms with Gasteiger partial charge in [-0.2, -0.15) is 20.5 Å². The summed E-state index contributed by atoms with van der Waals surface area (Å²) in [5.41, 5.74) is 9.53. The molecule has 0 unspecified atom stereocenters. The number of aromatic nitrogens is 4. The summed E-state index contributed by atoms with van der Waals surface area (Å²) in [5, 5.41) is 51.8. The molecule has 12 rings (SSSR count). The molecule has 0 aliphatic rings. The second kappa shape index (κ2) is 47.5. The fourth-order valence-electron chi connectivity index (χ4n) is 7.21. The van der Waals surface area contributed by atoms with E-state index in [-0.39, 0.29) is 39.6 Å². The first kappa shape index (κ1) is 76.3. The summed E-state index contributed by atoms with van der Waals surface area (Å²) in [6.45, 7) is 0. The first-order valence-electron chi connectivity index (χ1n) is 27.0. The molecule has 4 heterocycles. The second-order valence-corrected chi connectivity index (χ2v) is 49.9. The van der Waals surface area contributed by atoms with Crippen molar-refractivity contribution in [1.82, 2.24) is 19.9 Å². The van der Waals surface area contributed by atoms with Crippen molar-refractivity contribution < 1.29 is 66.1 Å². The molecular weight excluding hydrogens is 2180 g/mol. The molecule has 0 saturated heterocycles. The Labute approximate surface area is 621 Å². The number of benzene rings is 8. The summed E-state index contributed by atoms with van der Waals surface area (Å²) in [6, 6.07) is 91.8. The van der Waals surface area contributed by atoms with Gasteiger partial charge in [0.25, 0.3) is 0 Å². The van der Waals surface area contributed by atoms with Crippen molar-refractivity contribution in [3.05, 3.63) is 337 Å². The summed E-state index contributed by atoms with van der Waals surface area (Å²) < 4.78 is 0. The number of para-hydroxylation sites is 8. The van der Waals surface area contributed by atoms with Crippen LogP contribution in [0.1, 0.15) is 0 Å². The van der Waals surface area contributed by atoms with Gasteiger partial charge in [-0.15, -0.1) is 66.0 Å². The predicted octanol–water partition coefficient (Wildman–Crippen LogP) is 20.9. The van der Waals surface area contributed by atoms with Crippen molar-refractivity contribution in [3.8, 4) is 0 Å². The first-order chi connectivity index (χ1) is 44.5. The van der Waals surface area contributed by atoms with Gasteiger partial charge >= 0.3 is 101 Å². The van der Waals surface area contributed by atoms with Crippen LogP contribution in [0.3, 0.4) is 0 Å².